The molecule has 1 N–H and O–H groups in total. The van der Waals surface area contributed by atoms with Crippen LogP contribution in [0.3, 0.4) is 0 Å². The fourth-order valence-electron chi connectivity index (χ4n) is 2.36. The van der Waals surface area contributed by atoms with Gasteiger partial charge in [-0.3, -0.25) is 9.59 Å². The highest BCUT2D eigenvalue weighted by molar-refractivity contribution is 6.07. The molecule has 1 heterocycles. The van der Waals surface area contributed by atoms with Gasteiger partial charge in [0.25, 0.3) is 5.91 Å². The van der Waals surface area contributed by atoms with Gasteiger partial charge in [0, 0.05) is 13.0 Å². The van der Waals surface area contributed by atoms with Crippen molar-refractivity contribution >= 4 is 23.3 Å². The minimum absolute atomic E-state index is 0.0149. The Morgan fingerprint density at radius 2 is 2.05 bits per heavy atom. The van der Waals surface area contributed by atoms with E-state index in [0.717, 1.165) is 11.4 Å². The molecule has 108 valence electrons. The van der Waals surface area contributed by atoms with Crippen molar-refractivity contribution in [2.45, 2.75) is 32.2 Å². The molecule has 0 saturated carbocycles. The van der Waals surface area contributed by atoms with Gasteiger partial charge in [-0.1, -0.05) is 12.1 Å². The van der Waals surface area contributed by atoms with Crippen molar-refractivity contribution in [3.63, 3.8) is 0 Å². The molecule has 2 rings (SSSR count). The van der Waals surface area contributed by atoms with Crippen molar-refractivity contribution in [2.24, 2.45) is 0 Å². The molecule has 0 bridgehead atoms. The summed E-state index contributed by atoms with van der Waals surface area (Å²) in [6.07, 6.45) is 0.902. The van der Waals surface area contributed by atoms with Crippen molar-refractivity contribution < 1.29 is 14.3 Å². The third-order valence-electron chi connectivity index (χ3n) is 3.41. The van der Waals surface area contributed by atoms with Gasteiger partial charge in [0.2, 0.25) is 0 Å². The number of carbonyl (C=O) groups excluding carboxylic acids is 2. The summed E-state index contributed by atoms with van der Waals surface area (Å²) in [6.45, 7) is 4.23. The van der Waals surface area contributed by atoms with Gasteiger partial charge in [-0.15, -0.1) is 0 Å². The molecule has 0 unspecified atom stereocenters. The van der Waals surface area contributed by atoms with Crippen molar-refractivity contribution in [1.29, 1.82) is 0 Å². The number of anilines is 2. The largest absolute Gasteiger partial charge is 0.469 e. The Labute approximate surface area is 118 Å². The van der Waals surface area contributed by atoms with Gasteiger partial charge >= 0.3 is 5.97 Å². The Morgan fingerprint density at radius 3 is 2.75 bits per heavy atom. The Balaban J connectivity index is 2.17. The van der Waals surface area contributed by atoms with E-state index in [1.165, 1.54) is 7.11 Å². The van der Waals surface area contributed by atoms with Crippen LogP contribution in [0.4, 0.5) is 11.4 Å². The maximum atomic E-state index is 12.5. The van der Waals surface area contributed by atoms with E-state index in [2.05, 4.69) is 10.1 Å². The highest BCUT2D eigenvalue weighted by Gasteiger charge is 2.38. The average Bonchev–Trinajstić information content (AvgIpc) is 2.42. The van der Waals surface area contributed by atoms with E-state index in [0.29, 0.717) is 19.4 Å². The van der Waals surface area contributed by atoms with Gasteiger partial charge in [-0.2, -0.15) is 0 Å². The van der Waals surface area contributed by atoms with Crippen LogP contribution in [0.15, 0.2) is 24.3 Å². The zero-order chi connectivity index (χ0) is 14.8. The first-order valence-corrected chi connectivity index (χ1v) is 6.71. The summed E-state index contributed by atoms with van der Waals surface area (Å²) in [7, 11) is 1.37. The average molecular weight is 276 g/mol. The summed E-state index contributed by atoms with van der Waals surface area (Å²) in [6, 6.07) is 7.70. The second-order valence-electron chi connectivity index (χ2n) is 5.40. The van der Waals surface area contributed by atoms with Crippen molar-refractivity contribution in [2.75, 3.05) is 23.9 Å². The minimum Gasteiger partial charge on any atom is -0.469 e. The number of carbonyl (C=O) groups is 2. The summed E-state index contributed by atoms with van der Waals surface area (Å²) >= 11 is 0. The summed E-state index contributed by atoms with van der Waals surface area (Å²) in [5, 5.41) is 3.24. The molecule has 1 aliphatic heterocycles. The number of methoxy groups -OCH3 is 1. The smallest absolute Gasteiger partial charge is 0.305 e. The predicted molar refractivity (Wildman–Crippen MR) is 77.7 cm³/mol. The van der Waals surface area contributed by atoms with E-state index >= 15 is 0 Å². The van der Waals surface area contributed by atoms with E-state index in [1.807, 2.05) is 38.1 Å². The fourth-order valence-corrected chi connectivity index (χ4v) is 2.36. The molecule has 0 aliphatic carbocycles. The second kappa shape index (κ2) is 5.53. The lowest BCUT2D eigenvalue weighted by atomic mass is 9.98. The van der Waals surface area contributed by atoms with Crippen LogP contribution in [-0.2, 0) is 14.3 Å². The Bertz CT molecular complexity index is 526. The molecule has 1 aromatic carbocycles. The van der Waals surface area contributed by atoms with Crippen molar-refractivity contribution in [3.05, 3.63) is 24.3 Å². The molecule has 5 heteroatoms. The van der Waals surface area contributed by atoms with Gasteiger partial charge < -0.3 is 15.0 Å². The molecule has 0 aromatic heterocycles. The van der Waals surface area contributed by atoms with Crippen LogP contribution in [0.2, 0.25) is 0 Å². The number of fused-ring (bicyclic) bond motifs is 1. The van der Waals surface area contributed by atoms with Gasteiger partial charge in [0.05, 0.1) is 18.5 Å². The first kappa shape index (κ1) is 14.4. The number of hydrogen-bond donors (Lipinski definition) is 1. The minimum atomic E-state index is -0.639. The standard InChI is InChI=1S/C15H20N2O3/c1-15(2)14(19)17(10-6-9-13(18)20-3)12-8-5-4-7-11(12)16-15/h4-5,7-8,16H,6,9-10H2,1-3H3. The van der Waals surface area contributed by atoms with Crippen LogP contribution in [-0.4, -0.2) is 31.1 Å². The van der Waals surface area contributed by atoms with Gasteiger partial charge in [-0.05, 0) is 32.4 Å². The van der Waals surface area contributed by atoms with E-state index in [-0.39, 0.29) is 11.9 Å². The molecule has 20 heavy (non-hydrogen) atoms. The normalized spacial score (nSPS) is 16.4. The van der Waals surface area contributed by atoms with E-state index < -0.39 is 5.54 Å². The molecule has 0 radical (unpaired) electrons. The van der Waals surface area contributed by atoms with Crippen LogP contribution < -0.4 is 10.2 Å². The molecular weight excluding hydrogens is 256 g/mol. The maximum absolute atomic E-state index is 12.5. The Hall–Kier alpha value is -2.04. The number of hydrogen-bond acceptors (Lipinski definition) is 4. The molecule has 1 aromatic rings. The maximum Gasteiger partial charge on any atom is 0.305 e. The monoisotopic (exact) mass is 276 g/mol. The highest BCUT2D eigenvalue weighted by atomic mass is 16.5. The number of para-hydroxylation sites is 2. The lowest BCUT2D eigenvalue weighted by Crippen LogP contribution is -2.54. The van der Waals surface area contributed by atoms with Crippen LogP contribution in [0.5, 0.6) is 0 Å². The number of amides is 1. The van der Waals surface area contributed by atoms with Crippen molar-refractivity contribution in [1.82, 2.24) is 0 Å². The predicted octanol–water partition coefficient (Wildman–Crippen LogP) is 2.18. The van der Waals surface area contributed by atoms with Crippen molar-refractivity contribution in [3.8, 4) is 0 Å². The number of esters is 1. The SMILES string of the molecule is COC(=O)CCCN1C(=O)C(C)(C)Nc2ccccc21. The summed E-state index contributed by atoms with van der Waals surface area (Å²) < 4.78 is 4.62. The fraction of sp³-hybridized carbons (Fsp3) is 0.467. The van der Waals surface area contributed by atoms with E-state index in [4.69, 9.17) is 0 Å². The topological polar surface area (TPSA) is 58.6 Å². The lowest BCUT2D eigenvalue weighted by molar-refractivity contribution is -0.140. The molecule has 0 spiro atoms. The molecule has 0 atom stereocenters. The number of nitrogens with one attached hydrogen (secondary N) is 1. The van der Waals surface area contributed by atoms with Crippen LogP contribution in [0, 0.1) is 0 Å². The van der Waals surface area contributed by atoms with Gasteiger partial charge in [-0.25, -0.2) is 0 Å². The summed E-state index contributed by atoms with van der Waals surface area (Å²) in [5.74, 6) is -0.235. The lowest BCUT2D eigenvalue weighted by Gasteiger charge is -2.40. The Kier molecular flexibility index (Phi) is 3.97. The zero-order valence-electron chi connectivity index (χ0n) is 12.1. The zero-order valence-corrected chi connectivity index (χ0v) is 12.1. The summed E-state index contributed by atoms with van der Waals surface area (Å²) in [4.78, 5) is 25.4. The highest BCUT2D eigenvalue weighted by Crippen LogP contribution is 2.35. The Morgan fingerprint density at radius 1 is 1.35 bits per heavy atom. The molecule has 1 aliphatic rings. The first-order valence-electron chi connectivity index (χ1n) is 6.71. The van der Waals surface area contributed by atoms with Gasteiger partial charge in [0.1, 0.15) is 5.54 Å². The van der Waals surface area contributed by atoms with E-state index in [1.54, 1.807) is 4.90 Å². The third-order valence-corrected chi connectivity index (χ3v) is 3.41. The number of ether oxygens (including phenoxy) is 1. The molecule has 1 amide bonds. The van der Waals surface area contributed by atoms with Gasteiger partial charge in [0.15, 0.2) is 0 Å². The van der Waals surface area contributed by atoms with E-state index in [9.17, 15) is 9.59 Å². The molecular formula is C15H20N2O3. The molecule has 0 saturated heterocycles. The molecule has 5 nitrogen and oxygen atoms in total. The van der Waals surface area contributed by atoms with Crippen LogP contribution in [0.1, 0.15) is 26.7 Å². The van der Waals surface area contributed by atoms with Crippen LogP contribution in [0.25, 0.3) is 0 Å². The third kappa shape index (κ3) is 2.76. The number of benzene rings is 1. The number of rotatable bonds is 4. The quantitative estimate of drug-likeness (QED) is 0.856. The van der Waals surface area contributed by atoms with Crippen LogP contribution >= 0.6 is 0 Å². The first-order chi connectivity index (χ1) is 9.45. The summed E-state index contributed by atoms with van der Waals surface area (Å²) in [5.41, 5.74) is 1.16. The number of nitrogens with zero attached hydrogens (tertiary/aromatic N) is 1. The second-order valence-corrected chi connectivity index (χ2v) is 5.40. The molecule has 0 fully saturated rings.